The molecule has 0 fully saturated rings. The standard InChI is InChI=1S/C16H11F3N2O2/c1-22-13-7-3-5-11(9-13)15-21-20-14(23-15)10-4-2-6-12(8-10)16(17,18)19/h2-9H,1H3. The molecule has 3 aromatic rings. The molecular formula is C16H11F3N2O2. The van der Waals surface area contributed by atoms with Crippen molar-refractivity contribution in [1.82, 2.24) is 10.2 Å². The minimum absolute atomic E-state index is 0.0221. The lowest BCUT2D eigenvalue weighted by atomic mass is 10.1. The van der Waals surface area contributed by atoms with Crippen molar-refractivity contribution in [1.29, 1.82) is 0 Å². The summed E-state index contributed by atoms with van der Waals surface area (Å²) in [6.07, 6.45) is -4.42. The molecule has 2 aromatic carbocycles. The van der Waals surface area contributed by atoms with Gasteiger partial charge in [0.1, 0.15) is 5.75 Å². The normalized spacial score (nSPS) is 11.5. The summed E-state index contributed by atoms with van der Waals surface area (Å²) >= 11 is 0. The minimum atomic E-state index is -4.42. The van der Waals surface area contributed by atoms with E-state index in [4.69, 9.17) is 9.15 Å². The highest BCUT2D eigenvalue weighted by Gasteiger charge is 2.30. The second-order valence-electron chi connectivity index (χ2n) is 4.72. The summed E-state index contributed by atoms with van der Waals surface area (Å²) in [5, 5.41) is 7.69. The average molecular weight is 320 g/mol. The van der Waals surface area contributed by atoms with E-state index in [1.165, 1.54) is 19.2 Å². The fourth-order valence-electron chi connectivity index (χ4n) is 2.04. The van der Waals surface area contributed by atoms with Crippen molar-refractivity contribution < 1.29 is 22.3 Å². The lowest BCUT2D eigenvalue weighted by molar-refractivity contribution is -0.137. The van der Waals surface area contributed by atoms with E-state index in [2.05, 4.69) is 10.2 Å². The van der Waals surface area contributed by atoms with Crippen LogP contribution >= 0.6 is 0 Å². The van der Waals surface area contributed by atoms with Gasteiger partial charge in [-0.1, -0.05) is 12.1 Å². The van der Waals surface area contributed by atoms with Crippen LogP contribution in [0.15, 0.2) is 52.9 Å². The Bertz CT molecular complexity index is 828. The zero-order valence-electron chi connectivity index (χ0n) is 12.0. The molecule has 0 radical (unpaired) electrons. The van der Waals surface area contributed by atoms with E-state index in [0.29, 0.717) is 11.3 Å². The van der Waals surface area contributed by atoms with E-state index in [0.717, 1.165) is 12.1 Å². The first-order chi connectivity index (χ1) is 11.0. The predicted octanol–water partition coefficient (Wildman–Crippen LogP) is 4.43. The van der Waals surface area contributed by atoms with Gasteiger partial charge in [0, 0.05) is 11.1 Å². The molecule has 0 saturated heterocycles. The van der Waals surface area contributed by atoms with Crippen LogP contribution in [-0.4, -0.2) is 17.3 Å². The Morgan fingerprint density at radius 3 is 2.13 bits per heavy atom. The second-order valence-corrected chi connectivity index (χ2v) is 4.72. The average Bonchev–Trinajstić information content (AvgIpc) is 3.04. The number of rotatable bonds is 3. The van der Waals surface area contributed by atoms with Crippen LogP contribution in [0.1, 0.15) is 5.56 Å². The van der Waals surface area contributed by atoms with Crippen LogP contribution in [0, 0.1) is 0 Å². The van der Waals surface area contributed by atoms with Crippen LogP contribution < -0.4 is 4.74 Å². The van der Waals surface area contributed by atoms with Crippen LogP contribution in [0.4, 0.5) is 13.2 Å². The van der Waals surface area contributed by atoms with Crippen LogP contribution in [0.2, 0.25) is 0 Å². The van der Waals surface area contributed by atoms with Gasteiger partial charge in [0.15, 0.2) is 0 Å². The predicted molar refractivity (Wildman–Crippen MR) is 76.7 cm³/mol. The molecule has 1 aromatic heterocycles. The molecule has 0 amide bonds. The maximum Gasteiger partial charge on any atom is 0.416 e. The summed E-state index contributed by atoms with van der Waals surface area (Å²) in [5.41, 5.74) is 0.0627. The van der Waals surface area contributed by atoms with Gasteiger partial charge in [-0.05, 0) is 36.4 Å². The molecule has 1 heterocycles. The van der Waals surface area contributed by atoms with Crippen LogP contribution in [-0.2, 0) is 6.18 Å². The van der Waals surface area contributed by atoms with Crippen molar-refractivity contribution in [2.45, 2.75) is 6.18 Å². The van der Waals surface area contributed by atoms with Gasteiger partial charge >= 0.3 is 6.18 Å². The van der Waals surface area contributed by atoms with E-state index in [1.54, 1.807) is 24.3 Å². The maximum atomic E-state index is 12.8. The Hall–Kier alpha value is -2.83. The number of halogens is 3. The number of benzene rings is 2. The van der Waals surface area contributed by atoms with Crippen molar-refractivity contribution in [2.75, 3.05) is 7.11 Å². The lowest BCUT2D eigenvalue weighted by Crippen LogP contribution is -2.04. The first kappa shape index (κ1) is 15.1. The van der Waals surface area contributed by atoms with Gasteiger partial charge in [-0.25, -0.2) is 0 Å². The highest BCUT2D eigenvalue weighted by atomic mass is 19.4. The lowest BCUT2D eigenvalue weighted by Gasteiger charge is -2.06. The molecule has 0 bridgehead atoms. The summed E-state index contributed by atoms with van der Waals surface area (Å²) in [4.78, 5) is 0. The Labute approximate surface area is 129 Å². The fourth-order valence-corrected chi connectivity index (χ4v) is 2.04. The first-order valence-electron chi connectivity index (χ1n) is 6.63. The summed E-state index contributed by atoms with van der Waals surface area (Å²) in [7, 11) is 1.53. The van der Waals surface area contributed by atoms with Crippen molar-refractivity contribution in [3.8, 4) is 28.7 Å². The van der Waals surface area contributed by atoms with Crippen molar-refractivity contribution >= 4 is 0 Å². The summed E-state index contributed by atoms with van der Waals surface area (Å²) in [6.45, 7) is 0. The fraction of sp³-hybridized carbons (Fsp3) is 0.125. The van der Waals surface area contributed by atoms with Gasteiger partial charge in [0.2, 0.25) is 11.8 Å². The molecule has 0 N–H and O–H groups in total. The van der Waals surface area contributed by atoms with Crippen molar-refractivity contribution in [2.24, 2.45) is 0 Å². The third-order valence-corrected chi connectivity index (χ3v) is 3.18. The number of alkyl halides is 3. The Balaban J connectivity index is 1.96. The van der Waals surface area contributed by atoms with Gasteiger partial charge in [-0.15, -0.1) is 10.2 Å². The van der Waals surface area contributed by atoms with Crippen molar-refractivity contribution in [3.05, 3.63) is 54.1 Å². The van der Waals surface area contributed by atoms with E-state index in [1.807, 2.05) is 0 Å². The number of nitrogens with zero attached hydrogens (tertiary/aromatic N) is 2. The molecule has 0 unspecified atom stereocenters. The monoisotopic (exact) mass is 320 g/mol. The molecule has 0 aliphatic carbocycles. The van der Waals surface area contributed by atoms with E-state index >= 15 is 0 Å². The SMILES string of the molecule is COc1cccc(-c2nnc(-c3cccc(C(F)(F)F)c3)o2)c1. The molecule has 7 heteroatoms. The summed E-state index contributed by atoms with van der Waals surface area (Å²) in [6, 6.07) is 11.7. The quantitative estimate of drug-likeness (QED) is 0.716. The first-order valence-corrected chi connectivity index (χ1v) is 6.63. The van der Waals surface area contributed by atoms with Gasteiger partial charge in [-0.2, -0.15) is 13.2 Å². The zero-order valence-corrected chi connectivity index (χ0v) is 12.0. The number of aromatic nitrogens is 2. The molecule has 23 heavy (non-hydrogen) atoms. The number of methoxy groups -OCH3 is 1. The largest absolute Gasteiger partial charge is 0.497 e. The second kappa shape index (κ2) is 5.75. The van der Waals surface area contributed by atoms with Crippen molar-refractivity contribution in [3.63, 3.8) is 0 Å². The smallest absolute Gasteiger partial charge is 0.416 e. The maximum absolute atomic E-state index is 12.8. The van der Waals surface area contributed by atoms with Gasteiger partial charge < -0.3 is 9.15 Å². The molecule has 4 nitrogen and oxygen atoms in total. The molecule has 3 rings (SSSR count). The highest BCUT2D eigenvalue weighted by molar-refractivity contribution is 5.59. The van der Waals surface area contributed by atoms with Crippen LogP contribution in [0.5, 0.6) is 5.75 Å². The third kappa shape index (κ3) is 3.18. The third-order valence-electron chi connectivity index (χ3n) is 3.18. The summed E-state index contributed by atoms with van der Waals surface area (Å²) in [5.74, 6) is 0.839. The number of hydrogen-bond acceptors (Lipinski definition) is 4. The van der Waals surface area contributed by atoms with Gasteiger partial charge in [0.05, 0.1) is 12.7 Å². The minimum Gasteiger partial charge on any atom is -0.497 e. The molecule has 0 aliphatic heterocycles. The van der Waals surface area contributed by atoms with E-state index in [-0.39, 0.29) is 17.3 Å². The number of hydrogen-bond donors (Lipinski definition) is 0. The molecule has 0 saturated carbocycles. The van der Waals surface area contributed by atoms with Gasteiger partial charge in [0.25, 0.3) is 0 Å². The zero-order chi connectivity index (χ0) is 16.4. The molecule has 0 spiro atoms. The topological polar surface area (TPSA) is 48.2 Å². The summed E-state index contributed by atoms with van der Waals surface area (Å²) < 4.78 is 48.9. The molecule has 0 aliphatic rings. The van der Waals surface area contributed by atoms with Gasteiger partial charge in [-0.3, -0.25) is 0 Å². The molecular weight excluding hydrogens is 309 g/mol. The Morgan fingerprint density at radius 2 is 1.52 bits per heavy atom. The molecule has 0 atom stereocenters. The van der Waals surface area contributed by atoms with E-state index in [9.17, 15) is 13.2 Å². The highest BCUT2D eigenvalue weighted by Crippen LogP contribution is 2.32. The Kier molecular flexibility index (Phi) is 3.77. The Morgan fingerprint density at radius 1 is 0.913 bits per heavy atom. The van der Waals surface area contributed by atoms with Crippen LogP contribution in [0.25, 0.3) is 22.9 Å². The van der Waals surface area contributed by atoms with Crippen LogP contribution in [0.3, 0.4) is 0 Å². The molecule has 118 valence electrons. The number of ether oxygens (including phenoxy) is 1. The van der Waals surface area contributed by atoms with E-state index < -0.39 is 11.7 Å².